The van der Waals surface area contributed by atoms with E-state index in [1.165, 1.54) is 25.3 Å². The number of hydrogen-bond donors (Lipinski definition) is 2. The number of carbonyl (C=O) groups is 1. The maximum absolute atomic E-state index is 12.8. The summed E-state index contributed by atoms with van der Waals surface area (Å²) in [5.41, 5.74) is 1.72. The molecule has 29 heavy (non-hydrogen) atoms. The highest BCUT2D eigenvalue weighted by Gasteiger charge is 2.22. The van der Waals surface area contributed by atoms with Crippen molar-refractivity contribution in [2.45, 2.75) is 11.8 Å². The molecular weight excluding hydrogens is 392 g/mol. The highest BCUT2D eigenvalue weighted by atomic mass is 32.2. The Labute approximate surface area is 168 Å². The lowest BCUT2D eigenvalue weighted by Gasteiger charge is -2.12. The molecule has 0 atom stereocenters. The zero-order valence-corrected chi connectivity index (χ0v) is 16.5. The van der Waals surface area contributed by atoms with Crippen LogP contribution in [0.5, 0.6) is 17.2 Å². The Balaban J connectivity index is 1.65. The van der Waals surface area contributed by atoms with E-state index in [0.717, 1.165) is 0 Å². The van der Waals surface area contributed by atoms with Gasteiger partial charge >= 0.3 is 0 Å². The quantitative estimate of drug-likeness (QED) is 0.674. The smallest absolute Gasteiger partial charge is 0.261 e. The Morgan fingerprint density at radius 1 is 1.00 bits per heavy atom. The van der Waals surface area contributed by atoms with Crippen molar-refractivity contribution in [2.24, 2.45) is 0 Å². The minimum atomic E-state index is -3.85. The van der Waals surface area contributed by atoms with Crippen molar-refractivity contribution in [1.29, 1.82) is 0 Å². The summed E-state index contributed by atoms with van der Waals surface area (Å²) in [6, 6.07) is 16.2. The Bertz CT molecular complexity index is 1220. The first-order valence-electron chi connectivity index (χ1n) is 8.77. The predicted molar refractivity (Wildman–Crippen MR) is 109 cm³/mol. The molecule has 0 aliphatic carbocycles. The number of para-hydroxylation sites is 2. The van der Waals surface area contributed by atoms with Crippen LogP contribution in [0.2, 0.25) is 0 Å². The molecule has 2 N–H and O–H groups in total. The molecule has 0 saturated heterocycles. The van der Waals surface area contributed by atoms with E-state index in [2.05, 4.69) is 10.0 Å². The molecule has 3 aromatic carbocycles. The average molecular weight is 410 g/mol. The maximum atomic E-state index is 12.8. The van der Waals surface area contributed by atoms with Crippen molar-refractivity contribution in [3.63, 3.8) is 0 Å². The van der Waals surface area contributed by atoms with Gasteiger partial charge in [-0.25, -0.2) is 8.42 Å². The molecule has 148 valence electrons. The Kier molecular flexibility index (Phi) is 4.63. The molecule has 8 heteroatoms. The molecular formula is C21H18N2O5S. The number of nitrogens with one attached hydrogen (secondary N) is 2. The summed E-state index contributed by atoms with van der Waals surface area (Å²) in [7, 11) is -2.32. The van der Waals surface area contributed by atoms with Crippen LogP contribution in [0.25, 0.3) is 0 Å². The summed E-state index contributed by atoms with van der Waals surface area (Å²) < 4.78 is 39.0. The monoisotopic (exact) mass is 410 g/mol. The number of methoxy groups -OCH3 is 1. The number of fused-ring (bicyclic) bond motifs is 2. The summed E-state index contributed by atoms with van der Waals surface area (Å²) in [6.45, 7) is 1.76. The molecule has 0 bridgehead atoms. The van der Waals surface area contributed by atoms with Crippen molar-refractivity contribution < 1.29 is 22.7 Å². The van der Waals surface area contributed by atoms with Gasteiger partial charge in [-0.15, -0.1) is 0 Å². The van der Waals surface area contributed by atoms with Crippen LogP contribution in [0.15, 0.2) is 65.6 Å². The highest BCUT2D eigenvalue weighted by Crippen LogP contribution is 2.36. The van der Waals surface area contributed by atoms with Gasteiger partial charge in [-0.05, 0) is 61.0 Å². The Hall–Kier alpha value is -3.52. The molecule has 0 unspecified atom stereocenters. The molecule has 1 heterocycles. The lowest BCUT2D eigenvalue weighted by atomic mass is 10.1. The Morgan fingerprint density at radius 3 is 2.55 bits per heavy atom. The first kappa shape index (κ1) is 18.8. The summed E-state index contributed by atoms with van der Waals surface area (Å²) in [5, 5.41) is 2.77. The number of hydrogen-bond acceptors (Lipinski definition) is 5. The largest absolute Gasteiger partial charge is 0.496 e. The standard InChI is InChI=1S/C21H18N2O5S/c1-13-11-15(8-10-18(13)27-2)29(25,26)23-14-7-9-19-16(12-14)21(24)22-17-5-3-4-6-20(17)28-19/h3-12,23H,1-2H3,(H,22,24). The number of ether oxygens (including phenoxy) is 2. The van der Waals surface area contributed by atoms with E-state index >= 15 is 0 Å². The summed E-state index contributed by atoms with van der Waals surface area (Å²) >= 11 is 0. The number of sulfonamides is 1. The minimum Gasteiger partial charge on any atom is -0.496 e. The van der Waals surface area contributed by atoms with E-state index in [-0.39, 0.29) is 22.1 Å². The molecule has 1 amide bonds. The number of rotatable bonds is 4. The number of anilines is 2. The maximum Gasteiger partial charge on any atom is 0.261 e. The summed E-state index contributed by atoms with van der Waals surface area (Å²) in [5.74, 6) is 1.07. The zero-order chi connectivity index (χ0) is 20.6. The zero-order valence-electron chi connectivity index (χ0n) is 15.7. The second-order valence-corrected chi connectivity index (χ2v) is 8.18. The third kappa shape index (κ3) is 3.62. The van der Waals surface area contributed by atoms with Crippen molar-refractivity contribution in [2.75, 3.05) is 17.1 Å². The minimum absolute atomic E-state index is 0.0962. The predicted octanol–water partition coefficient (Wildman–Crippen LogP) is 4.16. The number of aryl methyl sites for hydroxylation is 1. The number of carbonyl (C=O) groups excluding carboxylic acids is 1. The van der Waals surface area contributed by atoms with Crippen LogP contribution in [-0.4, -0.2) is 21.4 Å². The highest BCUT2D eigenvalue weighted by molar-refractivity contribution is 7.92. The van der Waals surface area contributed by atoms with E-state index in [9.17, 15) is 13.2 Å². The van der Waals surface area contributed by atoms with Crippen molar-refractivity contribution in [3.05, 3.63) is 71.8 Å². The number of benzene rings is 3. The third-order valence-corrected chi connectivity index (χ3v) is 5.89. The van der Waals surface area contributed by atoms with E-state index in [1.54, 1.807) is 49.4 Å². The summed E-state index contributed by atoms with van der Waals surface area (Å²) in [6.07, 6.45) is 0. The topological polar surface area (TPSA) is 93.7 Å². The normalized spacial score (nSPS) is 12.7. The summed E-state index contributed by atoms with van der Waals surface area (Å²) in [4.78, 5) is 12.7. The van der Waals surface area contributed by atoms with Gasteiger partial charge in [-0.1, -0.05) is 12.1 Å². The fraction of sp³-hybridized carbons (Fsp3) is 0.0952. The van der Waals surface area contributed by atoms with Gasteiger partial charge in [0.15, 0.2) is 5.75 Å². The van der Waals surface area contributed by atoms with Crippen LogP contribution in [0.1, 0.15) is 15.9 Å². The molecule has 7 nitrogen and oxygen atoms in total. The van der Waals surface area contributed by atoms with Crippen LogP contribution in [0, 0.1) is 6.92 Å². The van der Waals surface area contributed by atoms with Gasteiger partial charge in [0.2, 0.25) is 0 Å². The van der Waals surface area contributed by atoms with Gasteiger partial charge < -0.3 is 14.8 Å². The molecule has 0 radical (unpaired) electrons. The third-order valence-electron chi connectivity index (χ3n) is 4.51. The fourth-order valence-electron chi connectivity index (χ4n) is 3.06. The van der Waals surface area contributed by atoms with E-state index in [4.69, 9.17) is 9.47 Å². The van der Waals surface area contributed by atoms with Crippen LogP contribution in [0.3, 0.4) is 0 Å². The van der Waals surface area contributed by atoms with Crippen molar-refractivity contribution >= 4 is 27.3 Å². The van der Waals surface area contributed by atoms with E-state index in [0.29, 0.717) is 28.5 Å². The fourth-order valence-corrected chi connectivity index (χ4v) is 4.19. The van der Waals surface area contributed by atoms with Gasteiger partial charge in [-0.2, -0.15) is 0 Å². The molecule has 0 aromatic heterocycles. The van der Waals surface area contributed by atoms with Gasteiger partial charge in [0.25, 0.3) is 15.9 Å². The number of amides is 1. The van der Waals surface area contributed by atoms with Crippen molar-refractivity contribution in [1.82, 2.24) is 0 Å². The van der Waals surface area contributed by atoms with Gasteiger partial charge in [0.1, 0.15) is 11.5 Å². The second kappa shape index (κ2) is 7.14. The molecule has 0 saturated carbocycles. The van der Waals surface area contributed by atoms with Crippen LogP contribution >= 0.6 is 0 Å². The van der Waals surface area contributed by atoms with Crippen LogP contribution < -0.4 is 19.5 Å². The van der Waals surface area contributed by atoms with Crippen LogP contribution in [0.4, 0.5) is 11.4 Å². The van der Waals surface area contributed by atoms with Gasteiger partial charge in [0, 0.05) is 5.69 Å². The lowest BCUT2D eigenvalue weighted by molar-refractivity contribution is 0.102. The first-order chi connectivity index (χ1) is 13.9. The molecule has 1 aliphatic heterocycles. The second-order valence-electron chi connectivity index (χ2n) is 6.50. The molecule has 0 fully saturated rings. The van der Waals surface area contributed by atoms with Crippen molar-refractivity contribution in [3.8, 4) is 17.2 Å². The lowest BCUT2D eigenvalue weighted by Crippen LogP contribution is -2.15. The molecule has 3 aromatic rings. The molecule has 1 aliphatic rings. The molecule has 4 rings (SSSR count). The average Bonchev–Trinajstić information content (AvgIpc) is 2.83. The molecule has 0 spiro atoms. The van der Waals surface area contributed by atoms with Gasteiger partial charge in [0.05, 0.1) is 23.3 Å². The Morgan fingerprint density at radius 2 is 1.79 bits per heavy atom. The first-order valence-corrected chi connectivity index (χ1v) is 10.3. The van der Waals surface area contributed by atoms with Crippen LogP contribution in [-0.2, 0) is 10.0 Å². The van der Waals surface area contributed by atoms with E-state index in [1.807, 2.05) is 0 Å². The SMILES string of the molecule is COc1ccc(S(=O)(=O)Nc2ccc3c(c2)C(=O)Nc2ccccc2O3)cc1C. The van der Waals surface area contributed by atoms with E-state index < -0.39 is 10.0 Å². The van der Waals surface area contributed by atoms with Gasteiger partial charge in [-0.3, -0.25) is 9.52 Å².